The number of nitrogens with zero attached hydrogens (tertiary/aromatic N) is 1. The van der Waals surface area contributed by atoms with Crippen LogP contribution in [0, 0.1) is 5.92 Å². The standard InChI is InChI=1S/C32H46N8O6/c1-19(2)26(33)30(44)39-24(17-21-11-6-4-7-12-21)29(43)38-23(15-10-16-36-32(34)35)28(42)37-20(3)27(41)40-25(31(45)46)18-22-13-8-5-9-14-22/h4-9,11-14,19-20,23-26H,10,15-18,33H2,1-3H3,(H,37,42)(H,38,43)(H,39,44)(H,40,41)(H,45,46)(H4,34,35,36)/t20-,23-,24-,25-,26-/m0/s1. The number of benzene rings is 2. The molecule has 250 valence electrons. The molecule has 0 aliphatic heterocycles. The van der Waals surface area contributed by atoms with Crippen LogP contribution in [0.4, 0.5) is 0 Å². The van der Waals surface area contributed by atoms with Crippen molar-refractivity contribution < 1.29 is 29.1 Å². The van der Waals surface area contributed by atoms with Crippen LogP contribution in [0.25, 0.3) is 0 Å². The number of guanidine groups is 1. The number of amides is 4. The van der Waals surface area contributed by atoms with Crippen LogP contribution in [-0.4, -0.2) is 77.4 Å². The first-order valence-electron chi connectivity index (χ1n) is 15.1. The molecule has 0 bridgehead atoms. The van der Waals surface area contributed by atoms with E-state index in [0.717, 1.165) is 5.56 Å². The van der Waals surface area contributed by atoms with Gasteiger partial charge in [-0.25, -0.2) is 4.79 Å². The lowest BCUT2D eigenvalue weighted by atomic mass is 10.0. The number of rotatable bonds is 18. The van der Waals surface area contributed by atoms with Crippen LogP contribution in [0.3, 0.4) is 0 Å². The SMILES string of the molecule is CC(C)[C@H](N)C(=O)N[C@@H](Cc1ccccc1)C(=O)N[C@@H](CCCN=C(N)N)C(=O)N[C@@H](C)C(=O)N[C@@H](Cc1ccccc1)C(=O)O. The van der Waals surface area contributed by atoms with Gasteiger partial charge < -0.3 is 43.6 Å². The molecule has 14 nitrogen and oxygen atoms in total. The second-order valence-electron chi connectivity index (χ2n) is 11.4. The predicted molar refractivity (Wildman–Crippen MR) is 174 cm³/mol. The van der Waals surface area contributed by atoms with Gasteiger partial charge in [-0.15, -0.1) is 0 Å². The molecule has 0 spiro atoms. The maximum atomic E-state index is 13.6. The highest BCUT2D eigenvalue weighted by molar-refractivity contribution is 5.95. The van der Waals surface area contributed by atoms with Gasteiger partial charge >= 0.3 is 5.97 Å². The van der Waals surface area contributed by atoms with E-state index in [4.69, 9.17) is 17.2 Å². The van der Waals surface area contributed by atoms with Gasteiger partial charge in [0.05, 0.1) is 6.04 Å². The average molecular weight is 639 g/mol. The van der Waals surface area contributed by atoms with E-state index in [2.05, 4.69) is 26.3 Å². The van der Waals surface area contributed by atoms with Gasteiger partial charge in [0.15, 0.2) is 5.96 Å². The monoisotopic (exact) mass is 638 g/mol. The van der Waals surface area contributed by atoms with Gasteiger partial charge in [-0.1, -0.05) is 74.5 Å². The zero-order chi connectivity index (χ0) is 34.2. The molecular weight excluding hydrogens is 592 g/mol. The number of hydrogen-bond acceptors (Lipinski definition) is 7. The molecule has 0 saturated carbocycles. The lowest BCUT2D eigenvalue weighted by molar-refractivity contribution is -0.142. The number of hydrogen-bond donors (Lipinski definition) is 8. The van der Waals surface area contributed by atoms with Gasteiger partial charge in [0.25, 0.3) is 0 Å². The first-order valence-corrected chi connectivity index (χ1v) is 15.1. The minimum absolute atomic E-state index is 0.0427. The third-order valence-corrected chi connectivity index (χ3v) is 7.16. The topological polar surface area (TPSA) is 244 Å². The molecule has 2 aromatic carbocycles. The Hall–Kier alpha value is -4.98. The Morgan fingerprint density at radius 3 is 1.67 bits per heavy atom. The summed E-state index contributed by atoms with van der Waals surface area (Å²) in [5.74, 6) is -4.13. The lowest BCUT2D eigenvalue weighted by Crippen LogP contribution is -2.58. The molecule has 0 aromatic heterocycles. The highest BCUT2D eigenvalue weighted by atomic mass is 16.4. The number of carbonyl (C=O) groups is 5. The summed E-state index contributed by atoms with van der Waals surface area (Å²) in [7, 11) is 0. The van der Waals surface area contributed by atoms with E-state index in [9.17, 15) is 29.1 Å². The number of carboxylic acid groups (broad SMARTS) is 1. The Morgan fingerprint density at radius 1 is 0.696 bits per heavy atom. The van der Waals surface area contributed by atoms with Crippen LogP contribution in [0.15, 0.2) is 65.7 Å². The Kier molecular flexibility index (Phi) is 15.2. The molecule has 46 heavy (non-hydrogen) atoms. The van der Waals surface area contributed by atoms with Gasteiger partial charge in [0.2, 0.25) is 23.6 Å². The predicted octanol–water partition coefficient (Wildman–Crippen LogP) is -0.448. The first kappa shape index (κ1) is 37.2. The second-order valence-corrected chi connectivity index (χ2v) is 11.4. The Bertz CT molecular complexity index is 1330. The summed E-state index contributed by atoms with van der Waals surface area (Å²) in [6, 6.07) is 12.4. The minimum Gasteiger partial charge on any atom is -0.480 e. The van der Waals surface area contributed by atoms with Gasteiger partial charge in [-0.3, -0.25) is 24.2 Å². The molecule has 4 amide bonds. The number of nitrogens with two attached hydrogens (primary N) is 3. The Balaban J connectivity index is 2.20. The third-order valence-electron chi connectivity index (χ3n) is 7.16. The Labute approximate surface area is 269 Å². The van der Waals surface area contributed by atoms with E-state index >= 15 is 0 Å². The maximum absolute atomic E-state index is 13.6. The van der Waals surface area contributed by atoms with Crippen LogP contribution < -0.4 is 38.5 Å². The van der Waals surface area contributed by atoms with Gasteiger partial charge in [-0.2, -0.15) is 0 Å². The molecule has 0 aliphatic rings. The molecule has 0 saturated heterocycles. The number of nitrogens with one attached hydrogen (secondary N) is 4. The fourth-order valence-electron chi connectivity index (χ4n) is 4.40. The third kappa shape index (κ3) is 12.9. The molecule has 14 heteroatoms. The van der Waals surface area contributed by atoms with Crippen LogP contribution >= 0.6 is 0 Å². The smallest absolute Gasteiger partial charge is 0.326 e. The molecule has 0 fully saturated rings. The molecule has 0 radical (unpaired) electrons. The molecule has 2 aromatic rings. The summed E-state index contributed by atoms with van der Waals surface area (Å²) in [6.07, 6.45) is 0.554. The van der Waals surface area contributed by atoms with Crippen molar-refractivity contribution in [3.63, 3.8) is 0 Å². The minimum atomic E-state index is -1.23. The molecule has 2 rings (SSSR count). The van der Waals surface area contributed by atoms with Crippen LogP contribution in [-0.2, 0) is 36.8 Å². The highest BCUT2D eigenvalue weighted by Crippen LogP contribution is 2.08. The molecule has 11 N–H and O–H groups in total. The van der Waals surface area contributed by atoms with Crippen molar-refractivity contribution in [3.05, 3.63) is 71.8 Å². The Morgan fingerprint density at radius 2 is 1.17 bits per heavy atom. The van der Waals surface area contributed by atoms with Crippen LogP contribution in [0.5, 0.6) is 0 Å². The summed E-state index contributed by atoms with van der Waals surface area (Å²) >= 11 is 0. The summed E-state index contributed by atoms with van der Waals surface area (Å²) in [5, 5.41) is 20.1. The van der Waals surface area contributed by atoms with Crippen molar-refractivity contribution >= 4 is 35.6 Å². The largest absolute Gasteiger partial charge is 0.480 e. The van der Waals surface area contributed by atoms with E-state index in [0.29, 0.717) is 12.0 Å². The second kappa shape index (κ2) is 18.7. The zero-order valence-corrected chi connectivity index (χ0v) is 26.4. The van der Waals surface area contributed by atoms with Crippen molar-refractivity contribution in [2.75, 3.05) is 6.54 Å². The van der Waals surface area contributed by atoms with Crippen LogP contribution in [0.2, 0.25) is 0 Å². The molecule has 5 atom stereocenters. The normalized spacial score (nSPS) is 14.1. The molecule has 0 unspecified atom stereocenters. The van der Waals surface area contributed by atoms with Crippen molar-refractivity contribution in [3.8, 4) is 0 Å². The summed E-state index contributed by atoms with van der Waals surface area (Å²) in [4.78, 5) is 68.5. The average Bonchev–Trinajstić information content (AvgIpc) is 3.01. The number of aliphatic imine (C=N–C) groups is 1. The summed E-state index contributed by atoms with van der Waals surface area (Å²) in [6.45, 7) is 5.14. The fourth-order valence-corrected chi connectivity index (χ4v) is 4.40. The van der Waals surface area contributed by atoms with E-state index in [1.807, 2.05) is 6.07 Å². The quantitative estimate of drug-likeness (QED) is 0.0598. The molecule has 0 aliphatic carbocycles. The summed E-state index contributed by atoms with van der Waals surface area (Å²) < 4.78 is 0. The zero-order valence-electron chi connectivity index (χ0n) is 26.4. The van der Waals surface area contributed by atoms with E-state index < -0.39 is 59.8 Å². The number of carbonyl (C=O) groups excluding carboxylic acids is 4. The lowest BCUT2D eigenvalue weighted by Gasteiger charge is -2.26. The van der Waals surface area contributed by atoms with Gasteiger partial charge in [-0.05, 0) is 36.8 Å². The van der Waals surface area contributed by atoms with Crippen molar-refractivity contribution in [2.24, 2.45) is 28.1 Å². The van der Waals surface area contributed by atoms with Crippen molar-refractivity contribution in [2.45, 2.75) is 76.7 Å². The maximum Gasteiger partial charge on any atom is 0.326 e. The number of carboxylic acids is 1. The molecule has 0 heterocycles. The first-order chi connectivity index (χ1) is 21.8. The van der Waals surface area contributed by atoms with Gasteiger partial charge in [0.1, 0.15) is 24.2 Å². The highest BCUT2D eigenvalue weighted by Gasteiger charge is 2.31. The van der Waals surface area contributed by atoms with E-state index in [1.165, 1.54) is 6.92 Å². The fraction of sp³-hybridized carbons (Fsp3) is 0.438. The number of aliphatic carboxylic acids is 1. The van der Waals surface area contributed by atoms with E-state index in [-0.39, 0.29) is 37.7 Å². The van der Waals surface area contributed by atoms with Crippen molar-refractivity contribution in [1.29, 1.82) is 0 Å². The van der Waals surface area contributed by atoms with Crippen LogP contribution in [0.1, 0.15) is 44.7 Å². The van der Waals surface area contributed by atoms with Crippen molar-refractivity contribution in [1.82, 2.24) is 21.3 Å². The summed E-state index contributed by atoms with van der Waals surface area (Å²) in [5.41, 5.74) is 18.3. The molecular formula is C32H46N8O6. The van der Waals surface area contributed by atoms with E-state index in [1.54, 1.807) is 68.4 Å². The van der Waals surface area contributed by atoms with Gasteiger partial charge in [0, 0.05) is 19.4 Å².